The molecule has 3 saturated carbocycles. The molecule has 0 radical (unpaired) electrons. The van der Waals surface area contributed by atoms with Gasteiger partial charge >= 0.3 is 6.09 Å². The van der Waals surface area contributed by atoms with E-state index < -0.39 is 5.60 Å². The highest BCUT2D eigenvalue weighted by Crippen LogP contribution is 2.51. The Morgan fingerprint density at radius 2 is 1.71 bits per heavy atom. The Balaban J connectivity index is 1.44. The zero-order valence-corrected chi connectivity index (χ0v) is 12.3. The molecule has 0 spiro atoms. The van der Waals surface area contributed by atoms with Crippen LogP contribution >= 0.6 is 0 Å². The van der Waals surface area contributed by atoms with Crippen LogP contribution in [0, 0.1) is 5.41 Å². The molecule has 0 atom stereocenters. The third-order valence-electron chi connectivity index (χ3n) is 5.18. The van der Waals surface area contributed by atoms with E-state index in [4.69, 9.17) is 4.74 Å². The number of aliphatic hydroxyl groups is 1. The average Bonchev–Trinajstić information content (AvgIpc) is 2.53. The lowest BCUT2D eigenvalue weighted by molar-refractivity contribution is -0.0903. The molecule has 0 heterocycles. The van der Waals surface area contributed by atoms with Crippen molar-refractivity contribution in [1.29, 1.82) is 0 Å². The van der Waals surface area contributed by atoms with Crippen LogP contribution in [0.1, 0.15) is 44.1 Å². The molecule has 4 rings (SSSR count). The van der Waals surface area contributed by atoms with Crippen molar-refractivity contribution in [3.8, 4) is 0 Å². The van der Waals surface area contributed by atoms with Crippen LogP contribution in [-0.4, -0.2) is 23.3 Å². The monoisotopic (exact) mass is 289 g/mol. The fourth-order valence-electron chi connectivity index (χ4n) is 3.54. The molecule has 2 N–H and O–H groups in total. The van der Waals surface area contributed by atoms with Crippen molar-refractivity contribution in [3.63, 3.8) is 0 Å². The smallest absolute Gasteiger partial charge is 0.407 e. The largest absolute Gasteiger partial charge is 0.445 e. The third kappa shape index (κ3) is 3.38. The maximum absolute atomic E-state index is 11.8. The molecule has 0 aromatic heterocycles. The summed E-state index contributed by atoms with van der Waals surface area (Å²) in [6.45, 7) is 0.968. The molecular formula is C17H23NO3. The van der Waals surface area contributed by atoms with Gasteiger partial charge in [0.2, 0.25) is 0 Å². The molecule has 114 valence electrons. The highest BCUT2D eigenvalue weighted by molar-refractivity contribution is 5.67. The van der Waals surface area contributed by atoms with Crippen LogP contribution in [0.4, 0.5) is 4.79 Å². The van der Waals surface area contributed by atoms with E-state index in [0.717, 1.165) is 44.1 Å². The van der Waals surface area contributed by atoms with E-state index in [1.165, 1.54) is 0 Å². The molecule has 4 nitrogen and oxygen atoms in total. The summed E-state index contributed by atoms with van der Waals surface area (Å²) in [6.07, 6.45) is 5.27. The number of hydrogen-bond acceptors (Lipinski definition) is 3. The number of amides is 1. The summed E-state index contributed by atoms with van der Waals surface area (Å²) in [5, 5.41) is 13.1. The first-order chi connectivity index (χ1) is 10.1. The molecule has 4 heteroatoms. The lowest BCUT2D eigenvalue weighted by Gasteiger charge is -2.51. The fourth-order valence-corrected chi connectivity index (χ4v) is 3.54. The van der Waals surface area contributed by atoms with Crippen molar-refractivity contribution in [1.82, 2.24) is 5.32 Å². The third-order valence-corrected chi connectivity index (χ3v) is 5.18. The van der Waals surface area contributed by atoms with Gasteiger partial charge in [-0.3, -0.25) is 0 Å². The van der Waals surface area contributed by atoms with E-state index in [1.54, 1.807) is 0 Å². The minimum absolute atomic E-state index is 0.177. The van der Waals surface area contributed by atoms with Crippen molar-refractivity contribution >= 4 is 6.09 Å². The Morgan fingerprint density at radius 3 is 2.33 bits per heavy atom. The summed E-state index contributed by atoms with van der Waals surface area (Å²) in [7, 11) is 0. The molecular weight excluding hydrogens is 266 g/mol. The van der Waals surface area contributed by atoms with Crippen LogP contribution in [-0.2, 0) is 11.3 Å². The van der Waals surface area contributed by atoms with Crippen molar-refractivity contribution in [2.45, 2.75) is 50.7 Å². The number of hydrogen-bond donors (Lipinski definition) is 2. The van der Waals surface area contributed by atoms with E-state index >= 15 is 0 Å². The quantitative estimate of drug-likeness (QED) is 0.896. The van der Waals surface area contributed by atoms with Gasteiger partial charge in [0.25, 0.3) is 0 Å². The first-order valence-corrected chi connectivity index (χ1v) is 7.76. The van der Waals surface area contributed by atoms with Crippen LogP contribution in [0.2, 0.25) is 0 Å². The molecule has 3 aliphatic carbocycles. The molecule has 0 aliphatic heterocycles. The first kappa shape index (κ1) is 14.4. The summed E-state index contributed by atoms with van der Waals surface area (Å²) >= 11 is 0. The van der Waals surface area contributed by atoms with E-state index in [1.807, 2.05) is 30.3 Å². The van der Waals surface area contributed by atoms with Gasteiger partial charge in [0, 0.05) is 6.54 Å². The predicted octanol–water partition coefficient (Wildman–Crippen LogP) is 3.00. The van der Waals surface area contributed by atoms with Gasteiger partial charge in [0.05, 0.1) is 5.60 Å². The maximum Gasteiger partial charge on any atom is 0.407 e. The zero-order chi connectivity index (χ0) is 14.8. The molecule has 0 saturated heterocycles. The predicted molar refractivity (Wildman–Crippen MR) is 79.7 cm³/mol. The average molecular weight is 289 g/mol. The molecule has 2 bridgehead atoms. The molecule has 1 amide bonds. The van der Waals surface area contributed by atoms with E-state index in [-0.39, 0.29) is 11.5 Å². The topological polar surface area (TPSA) is 58.6 Å². The molecule has 21 heavy (non-hydrogen) atoms. The fraction of sp³-hybridized carbons (Fsp3) is 0.588. The van der Waals surface area contributed by atoms with Gasteiger partial charge in [-0.05, 0) is 49.5 Å². The molecule has 1 aromatic rings. The Kier molecular flexibility index (Phi) is 3.89. The molecule has 1 aromatic carbocycles. The van der Waals surface area contributed by atoms with Gasteiger partial charge in [-0.15, -0.1) is 0 Å². The van der Waals surface area contributed by atoms with Gasteiger partial charge in [-0.1, -0.05) is 30.3 Å². The summed E-state index contributed by atoms with van der Waals surface area (Å²) in [6, 6.07) is 9.68. The number of nitrogens with one attached hydrogen (secondary N) is 1. The second-order valence-corrected chi connectivity index (χ2v) is 6.64. The van der Waals surface area contributed by atoms with Crippen molar-refractivity contribution in [2.24, 2.45) is 5.41 Å². The number of carbonyl (C=O) groups excluding carboxylic acids is 1. The second-order valence-electron chi connectivity index (χ2n) is 6.64. The van der Waals surface area contributed by atoms with Crippen LogP contribution in [0.5, 0.6) is 0 Å². The zero-order valence-electron chi connectivity index (χ0n) is 12.3. The van der Waals surface area contributed by atoms with Crippen molar-refractivity contribution < 1.29 is 14.6 Å². The van der Waals surface area contributed by atoms with Crippen molar-refractivity contribution in [3.05, 3.63) is 35.9 Å². The van der Waals surface area contributed by atoms with E-state index in [9.17, 15) is 9.90 Å². The normalized spacial score (nSPS) is 30.9. The van der Waals surface area contributed by atoms with Gasteiger partial charge in [0.1, 0.15) is 6.61 Å². The first-order valence-electron chi connectivity index (χ1n) is 7.76. The lowest BCUT2D eigenvalue weighted by atomic mass is 9.58. The maximum atomic E-state index is 11.8. The second kappa shape index (κ2) is 5.68. The number of benzene rings is 1. The van der Waals surface area contributed by atoms with Crippen LogP contribution < -0.4 is 5.32 Å². The summed E-state index contributed by atoms with van der Waals surface area (Å²) in [5.41, 5.74) is 0.748. The number of alkyl carbamates (subject to hydrolysis) is 1. The minimum atomic E-state index is -0.421. The van der Waals surface area contributed by atoms with E-state index in [2.05, 4.69) is 5.32 Å². The van der Waals surface area contributed by atoms with Gasteiger partial charge < -0.3 is 15.2 Å². The number of rotatable bonds is 4. The standard InChI is InChI=1S/C17H23NO3/c19-15(21-12-14-4-2-1-3-5-14)18-13-16-6-9-17(20,10-7-16)11-8-16/h1-5,20H,6-13H2,(H,18,19). The Hall–Kier alpha value is -1.55. The highest BCUT2D eigenvalue weighted by atomic mass is 16.5. The highest BCUT2D eigenvalue weighted by Gasteiger charge is 2.47. The van der Waals surface area contributed by atoms with Crippen LogP contribution in [0.15, 0.2) is 30.3 Å². The Morgan fingerprint density at radius 1 is 1.10 bits per heavy atom. The van der Waals surface area contributed by atoms with Crippen LogP contribution in [0.25, 0.3) is 0 Å². The minimum Gasteiger partial charge on any atom is -0.445 e. The lowest BCUT2D eigenvalue weighted by Crippen LogP contribution is -2.50. The Bertz CT molecular complexity index is 475. The number of ether oxygens (including phenoxy) is 1. The SMILES string of the molecule is O=C(NCC12CCC(O)(CC1)CC2)OCc1ccccc1. The summed E-state index contributed by atoms with van der Waals surface area (Å²) < 4.78 is 5.24. The van der Waals surface area contributed by atoms with E-state index in [0.29, 0.717) is 13.2 Å². The number of fused-ring (bicyclic) bond motifs is 3. The molecule has 3 aliphatic rings. The Labute approximate surface area is 125 Å². The van der Waals surface area contributed by atoms with Crippen molar-refractivity contribution in [2.75, 3.05) is 6.54 Å². The molecule has 0 unspecified atom stereocenters. The van der Waals surface area contributed by atoms with Crippen LogP contribution in [0.3, 0.4) is 0 Å². The summed E-state index contributed by atoms with van der Waals surface area (Å²) in [5.74, 6) is 0. The summed E-state index contributed by atoms with van der Waals surface area (Å²) in [4.78, 5) is 11.8. The number of carbonyl (C=O) groups is 1. The van der Waals surface area contributed by atoms with Gasteiger partial charge in [-0.2, -0.15) is 0 Å². The molecule has 3 fully saturated rings. The van der Waals surface area contributed by atoms with Gasteiger partial charge in [0.15, 0.2) is 0 Å². The van der Waals surface area contributed by atoms with Gasteiger partial charge in [-0.25, -0.2) is 4.79 Å².